The van der Waals surface area contributed by atoms with Gasteiger partial charge < -0.3 is 10.0 Å². The number of hydrogen-bond acceptors (Lipinski definition) is 2. The number of carboxylic acids is 1. The van der Waals surface area contributed by atoms with Crippen LogP contribution in [0.1, 0.15) is 42.1 Å². The van der Waals surface area contributed by atoms with E-state index in [2.05, 4.69) is 0 Å². The van der Waals surface area contributed by atoms with Gasteiger partial charge in [-0.05, 0) is 50.8 Å². The summed E-state index contributed by atoms with van der Waals surface area (Å²) in [5, 5.41) is 9.39. The van der Waals surface area contributed by atoms with E-state index in [9.17, 15) is 19.1 Å². The van der Waals surface area contributed by atoms with Crippen LogP contribution in [0.2, 0.25) is 0 Å². The summed E-state index contributed by atoms with van der Waals surface area (Å²) in [7, 11) is 0. The molecule has 1 aliphatic heterocycles. The zero-order valence-corrected chi connectivity index (χ0v) is 11.6. The Kier molecular flexibility index (Phi) is 3.79. The van der Waals surface area contributed by atoms with E-state index in [1.165, 1.54) is 23.1 Å². The van der Waals surface area contributed by atoms with Crippen LogP contribution in [0.3, 0.4) is 0 Å². The van der Waals surface area contributed by atoms with Crippen molar-refractivity contribution < 1.29 is 19.1 Å². The highest BCUT2D eigenvalue weighted by atomic mass is 19.1. The van der Waals surface area contributed by atoms with Gasteiger partial charge in [-0.1, -0.05) is 6.07 Å². The Morgan fingerprint density at radius 2 is 2.05 bits per heavy atom. The van der Waals surface area contributed by atoms with Gasteiger partial charge in [0.2, 0.25) is 0 Å². The molecule has 1 aliphatic rings. The van der Waals surface area contributed by atoms with Crippen LogP contribution in [0.25, 0.3) is 0 Å². The Labute approximate surface area is 117 Å². The molecule has 4 nitrogen and oxygen atoms in total. The second-order valence-electron chi connectivity index (χ2n) is 5.46. The molecule has 0 aliphatic carbocycles. The number of rotatable bonds is 2. The molecule has 1 aromatic carbocycles. The number of nitrogens with zero attached hydrogens (tertiary/aromatic N) is 1. The van der Waals surface area contributed by atoms with Crippen LogP contribution in [0.5, 0.6) is 0 Å². The number of hydrogen-bond donors (Lipinski definition) is 1. The van der Waals surface area contributed by atoms with Crippen LogP contribution < -0.4 is 0 Å². The van der Waals surface area contributed by atoms with E-state index < -0.39 is 23.2 Å². The highest BCUT2D eigenvalue weighted by Crippen LogP contribution is 2.30. The van der Waals surface area contributed by atoms with Crippen LogP contribution in [0.15, 0.2) is 18.2 Å². The van der Waals surface area contributed by atoms with E-state index in [1.807, 2.05) is 0 Å². The van der Waals surface area contributed by atoms with Gasteiger partial charge in [0.1, 0.15) is 11.4 Å². The molecule has 0 aromatic heterocycles. The first-order valence-electron chi connectivity index (χ1n) is 6.68. The van der Waals surface area contributed by atoms with E-state index in [4.69, 9.17) is 0 Å². The molecular formula is C15H18FNO3. The van der Waals surface area contributed by atoms with Crippen molar-refractivity contribution in [2.75, 3.05) is 6.54 Å². The topological polar surface area (TPSA) is 57.6 Å². The molecule has 1 aromatic rings. The Morgan fingerprint density at radius 3 is 2.65 bits per heavy atom. The van der Waals surface area contributed by atoms with Crippen LogP contribution in [0, 0.1) is 12.7 Å². The molecule has 5 heteroatoms. The minimum absolute atomic E-state index is 0.197. The van der Waals surface area contributed by atoms with Crippen LogP contribution in [-0.2, 0) is 4.79 Å². The van der Waals surface area contributed by atoms with Crippen molar-refractivity contribution in [2.45, 2.75) is 38.6 Å². The van der Waals surface area contributed by atoms with Crippen molar-refractivity contribution in [3.05, 3.63) is 35.1 Å². The van der Waals surface area contributed by atoms with Crippen molar-refractivity contribution in [3.63, 3.8) is 0 Å². The summed E-state index contributed by atoms with van der Waals surface area (Å²) >= 11 is 0. The zero-order valence-electron chi connectivity index (χ0n) is 11.6. The number of benzene rings is 1. The van der Waals surface area contributed by atoms with E-state index in [0.29, 0.717) is 18.5 Å². The lowest BCUT2D eigenvalue weighted by atomic mass is 9.87. The van der Waals surface area contributed by atoms with Crippen molar-refractivity contribution in [2.24, 2.45) is 0 Å². The van der Waals surface area contributed by atoms with E-state index in [-0.39, 0.29) is 5.56 Å². The first kappa shape index (κ1) is 14.5. The number of amides is 1. The monoisotopic (exact) mass is 279 g/mol. The molecule has 1 atom stereocenters. The number of halogens is 1. The minimum atomic E-state index is -1.21. The maximum Gasteiger partial charge on any atom is 0.329 e. The van der Waals surface area contributed by atoms with Gasteiger partial charge in [0, 0.05) is 12.1 Å². The molecule has 1 saturated heterocycles. The lowest BCUT2D eigenvalue weighted by Gasteiger charge is -2.41. The highest BCUT2D eigenvalue weighted by molar-refractivity contribution is 5.98. The third-order valence-corrected chi connectivity index (χ3v) is 4.02. The fourth-order valence-corrected chi connectivity index (χ4v) is 2.55. The number of likely N-dealkylation sites (tertiary alicyclic amines) is 1. The quantitative estimate of drug-likeness (QED) is 0.905. The fraction of sp³-hybridized carbons (Fsp3) is 0.467. The summed E-state index contributed by atoms with van der Waals surface area (Å²) in [5.74, 6) is -1.89. The molecule has 0 saturated carbocycles. The maximum absolute atomic E-state index is 13.6. The highest BCUT2D eigenvalue weighted by Gasteiger charge is 2.44. The van der Waals surface area contributed by atoms with Crippen LogP contribution >= 0.6 is 0 Å². The Balaban J connectivity index is 2.35. The van der Waals surface area contributed by atoms with Gasteiger partial charge in [0.05, 0.1) is 0 Å². The van der Waals surface area contributed by atoms with Crippen LogP contribution in [0.4, 0.5) is 4.39 Å². The average Bonchev–Trinajstić information content (AvgIpc) is 2.41. The number of piperidine rings is 1. The summed E-state index contributed by atoms with van der Waals surface area (Å²) in [4.78, 5) is 25.3. The molecule has 1 fully saturated rings. The summed E-state index contributed by atoms with van der Waals surface area (Å²) in [6, 6.07) is 4.25. The number of carboxylic acid groups (broad SMARTS) is 1. The minimum Gasteiger partial charge on any atom is -0.480 e. The zero-order chi connectivity index (χ0) is 14.9. The fourth-order valence-electron chi connectivity index (χ4n) is 2.55. The molecule has 108 valence electrons. The second-order valence-corrected chi connectivity index (χ2v) is 5.46. The van der Waals surface area contributed by atoms with Crippen LogP contribution in [-0.4, -0.2) is 34.0 Å². The number of carbonyl (C=O) groups is 2. The first-order valence-corrected chi connectivity index (χ1v) is 6.68. The summed E-state index contributed by atoms with van der Waals surface area (Å²) < 4.78 is 13.6. The molecule has 1 amide bonds. The van der Waals surface area contributed by atoms with Gasteiger partial charge in [-0.25, -0.2) is 9.18 Å². The molecule has 0 bridgehead atoms. The second kappa shape index (κ2) is 5.23. The molecule has 1 heterocycles. The Bertz CT molecular complexity index is 558. The molecule has 20 heavy (non-hydrogen) atoms. The van der Waals surface area contributed by atoms with Gasteiger partial charge in [0.15, 0.2) is 0 Å². The third-order valence-electron chi connectivity index (χ3n) is 4.02. The smallest absolute Gasteiger partial charge is 0.329 e. The van der Waals surface area contributed by atoms with Gasteiger partial charge >= 0.3 is 5.97 Å². The van der Waals surface area contributed by atoms with E-state index >= 15 is 0 Å². The van der Waals surface area contributed by atoms with Crippen molar-refractivity contribution in [3.8, 4) is 0 Å². The van der Waals surface area contributed by atoms with E-state index in [0.717, 1.165) is 12.8 Å². The third kappa shape index (κ3) is 2.40. The summed E-state index contributed by atoms with van der Waals surface area (Å²) in [6.07, 6.45) is 1.96. The molecule has 1 N–H and O–H groups in total. The SMILES string of the molecule is Cc1ccc(C(=O)N2CCCCC2(C)C(=O)O)cc1F. The maximum atomic E-state index is 13.6. The normalized spacial score (nSPS) is 22.6. The lowest BCUT2D eigenvalue weighted by molar-refractivity contribution is -0.150. The van der Waals surface area contributed by atoms with Crippen molar-refractivity contribution >= 4 is 11.9 Å². The first-order chi connectivity index (χ1) is 9.36. The predicted molar refractivity (Wildman–Crippen MR) is 72.1 cm³/mol. The average molecular weight is 279 g/mol. The van der Waals surface area contributed by atoms with Crippen molar-refractivity contribution in [1.82, 2.24) is 4.90 Å². The largest absolute Gasteiger partial charge is 0.480 e. The van der Waals surface area contributed by atoms with Gasteiger partial charge in [-0.3, -0.25) is 4.79 Å². The van der Waals surface area contributed by atoms with Gasteiger partial charge in [-0.2, -0.15) is 0 Å². The predicted octanol–water partition coefficient (Wildman–Crippen LogP) is 2.60. The number of aliphatic carboxylic acids is 1. The number of carbonyl (C=O) groups excluding carboxylic acids is 1. The van der Waals surface area contributed by atoms with Gasteiger partial charge in [0.25, 0.3) is 5.91 Å². The molecule has 1 unspecified atom stereocenters. The lowest BCUT2D eigenvalue weighted by Crippen LogP contribution is -2.57. The van der Waals surface area contributed by atoms with E-state index in [1.54, 1.807) is 13.8 Å². The molecule has 0 spiro atoms. The standard InChI is InChI=1S/C15H18FNO3/c1-10-5-6-11(9-12(10)16)13(18)17-8-4-3-7-15(17,2)14(19)20/h5-6,9H,3-4,7-8H2,1-2H3,(H,19,20). The number of aryl methyl sites for hydroxylation is 1. The molecule has 2 rings (SSSR count). The molecule has 0 radical (unpaired) electrons. The Hall–Kier alpha value is -1.91. The summed E-state index contributed by atoms with van der Waals surface area (Å²) in [6.45, 7) is 3.56. The molecular weight excluding hydrogens is 261 g/mol. The van der Waals surface area contributed by atoms with Crippen molar-refractivity contribution in [1.29, 1.82) is 0 Å². The Morgan fingerprint density at radius 1 is 1.35 bits per heavy atom. The van der Waals surface area contributed by atoms with Gasteiger partial charge in [-0.15, -0.1) is 0 Å². The summed E-state index contributed by atoms with van der Waals surface area (Å²) in [5.41, 5.74) is -0.555.